The fraction of sp³-hybridized carbons (Fsp3) is 0.231. The molecule has 0 unspecified atom stereocenters. The minimum atomic E-state index is -0.232. The molecule has 0 spiro atoms. The van der Waals surface area contributed by atoms with Crippen LogP contribution in [0.3, 0.4) is 0 Å². The van der Waals surface area contributed by atoms with E-state index in [1.54, 1.807) is 0 Å². The van der Waals surface area contributed by atoms with Crippen LogP contribution in [0, 0.1) is 0 Å². The molecule has 0 atom stereocenters. The van der Waals surface area contributed by atoms with Gasteiger partial charge >= 0.3 is 0 Å². The van der Waals surface area contributed by atoms with E-state index < -0.39 is 0 Å². The molecule has 3 aromatic heterocycles. The van der Waals surface area contributed by atoms with E-state index in [1.165, 1.54) is 127 Å². The predicted octanol–water partition coefficient (Wildman–Crippen LogP) is 26.1. The van der Waals surface area contributed by atoms with Crippen LogP contribution in [0.5, 0.6) is 0 Å². The van der Waals surface area contributed by atoms with E-state index in [0.717, 1.165) is 72.4 Å². The molecule has 18 rings (SSSR count). The minimum Gasteiger partial charge on any atom is -0.310 e. The van der Waals surface area contributed by atoms with E-state index in [2.05, 4.69) is 395 Å². The van der Waals surface area contributed by atoms with Crippen molar-refractivity contribution < 1.29 is 0 Å². The van der Waals surface area contributed by atoms with Crippen LogP contribution in [0.1, 0.15) is 158 Å². The first-order chi connectivity index (χ1) is 51.8. The van der Waals surface area contributed by atoms with Gasteiger partial charge < -0.3 is 9.13 Å². The molecule has 2 aliphatic rings. The van der Waals surface area contributed by atoms with Crippen molar-refractivity contribution >= 4 is 77.6 Å². The molecule has 0 saturated heterocycles. The Morgan fingerprint density at radius 2 is 0.596 bits per heavy atom. The zero-order valence-corrected chi connectivity index (χ0v) is 66.7. The van der Waals surface area contributed by atoms with E-state index in [4.69, 9.17) is 9.97 Å². The second-order valence-electron chi connectivity index (χ2n) is 37.5. The van der Waals surface area contributed by atoms with E-state index in [0.29, 0.717) is 5.82 Å². The van der Waals surface area contributed by atoms with Gasteiger partial charge in [-0.1, -0.05) is 331 Å². The fourth-order valence-electron chi connectivity index (χ4n) is 17.6. The number of hydrogen-bond acceptors (Lipinski definition) is 2. The highest BCUT2D eigenvalue weighted by atomic mass is 15.0. The largest absolute Gasteiger partial charge is 0.310 e. The third kappa shape index (κ3) is 11.6. The summed E-state index contributed by atoms with van der Waals surface area (Å²) in [6.45, 7) is 42.1. The maximum atomic E-state index is 6.04. The molecule has 4 nitrogen and oxygen atoms in total. The predicted molar refractivity (Wildman–Crippen MR) is 469 cm³/mol. The van der Waals surface area contributed by atoms with Crippen LogP contribution in [0.2, 0.25) is 0 Å². The van der Waals surface area contributed by atoms with Gasteiger partial charge in [-0.25, -0.2) is 9.97 Å². The molecule has 0 saturated carbocycles. The molecule has 0 N–H and O–H groups in total. The third-order valence-electron chi connectivity index (χ3n) is 23.7. The normalized spacial score (nSPS) is 13.2. The first-order valence-electron chi connectivity index (χ1n) is 39.3. The summed E-state index contributed by atoms with van der Waals surface area (Å²) >= 11 is 0. The van der Waals surface area contributed by atoms with Gasteiger partial charge in [0.1, 0.15) is 0 Å². The van der Waals surface area contributed by atoms with Crippen molar-refractivity contribution in [1.29, 1.82) is 0 Å². The first kappa shape index (κ1) is 69.6. The molecule has 5 heteroatoms. The van der Waals surface area contributed by atoms with Gasteiger partial charge in [0.05, 0.1) is 33.3 Å². The van der Waals surface area contributed by atoms with Crippen molar-refractivity contribution in [3.8, 4) is 101 Å². The molecule has 13 aromatic carbocycles. The van der Waals surface area contributed by atoms with Gasteiger partial charge in [-0.05, 0) is 204 Å². The summed E-state index contributed by atoms with van der Waals surface area (Å²) < 4.78 is 5.42. The Labute approximate surface area is 644 Å². The summed E-state index contributed by atoms with van der Waals surface area (Å²) in [5.74, 6) is 0.676. The second-order valence-corrected chi connectivity index (χ2v) is 37.5. The molecular weight excluding hydrogens is 1320 g/mol. The van der Waals surface area contributed by atoms with Crippen molar-refractivity contribution in [3.05, 3.63) is 294 Å². The van der Waals surface area contributed by atoms with Crippen molar-refractivity contribution in [1.82, 2.24) is 19.1 Å². The lowest BCUT2D eigenvalue weighted by Gasteiger charge is -2.34. The van der Waals surface area contributed by atoms with Crippen LogP contribution in [-0.4, -0.2) is 25.8 Å². The number of rotatable bonds is 8. The van der Waals surface area contributed by atoms with Gasteiger partial charge in [0.2, 0.25) is 0 Å². The summed E-state index contributed by atoms with van der Waals surface area (Å²) in [6.07, 6.45) is 0. The average molecular weight is 1410 g/mol. The lowest BCUT2D eigenvalue weighted by Crippen LogP contribution is -2.59. The van der Waals surface area contributed by atoms with Gasteiger partial charge in [-0.2, -0.15) is 0 Å². The number of nitrogens with zero attached hydrogens (tertiary/aromatic N) is 4. The molecule has 2 aliphatic heterocycles. The standard InChI is InChI=1S/C104H97BN4/c1-99(2,3)72-47-68(48-73(59-72)100(4,5)6)78-43-45-83-96-92(78)90-81(64-37-27-21-28-38-64)53-66(62-33-23-19-24-34-62)55-86(90)108(96)88-57-71(98-106-85-42-32-31-41-80(85)95(107-98)70-51-76(103(13,14)15)61-77(52-70)104(16,17)18)58-89-94(88)105(83)84-46-44-79(69-49-74(101(7,8)9)60-75(50-69)102(10,11)12)93-91-82(65-39-29-22-30-40-65)54-67(63-35-25-20-26-36-63)56-87(91)109(89)97(84)93/h19-61H,1-18H3. The van der Waals surface area contributed by atoms with Crippen LogP contribution < -0.4 is 16.4 Å². The third-order valence-corrected chi connectivity index (χ3v) is 23.7. The Morgan fingerprint density at radius 3 is 0.963 bits per heavy atom. The van der Waals surface area contributed by atoms with Crippen LogP contribution in [0.15, 0.2) is 261 Å². The molecule has 0 aliphatic carbocycles. The molecular formula is C104H97BN4. The Kier molecular flexibility index (Phi) is 15.8. The summed E-state index contributed by atoms with van der Waals surface area (Å²) in [5, 5.41) is 5.98. The van der Waals surface area contributed by atoms with Gasteiger partial charge in [-0.3, -0.25) is 0 Å². The Balaban J connectivity index is 1.07. The molecule has 0 fully saturated rings. The van der Waals surface area contributed by atoms with Crippen molar-refractivity contribution in [3.63, 3.8) is 0 Å². The van der Waals surface area contributed by atoms with Crippen molar-refractivity contribution in [2.24, 2.45) is 0 Å². The quantitative estimate of drug-likeness (QED) is 0.142. The molecule has 109 heavy (non-hydrogen) atoms. The monoisotopic (exact) mass is 1410 g/mol. The van der Waals surface area contributed by atoms with Gasteiger partial charge in [0.15, 0.2) is 5.82 Å². The highest BCUT2D eigenvalue weighted by Gasteiger charge is 2.44. The minimum absolute atomic E-state index is 0.127. The second kappa shape index (κ2) is 24.7. The first-order valence-corrected chi connectivity index (χ1v) is 39.3. The molecule has 16 aromatic rings. The van der Waals surface area contributed by atoms with E-state index in [-0.39, 0.29) is 39.2 Å². The summed E-state index contributed by atoms with van der Waals surface area (Å²) in [5.41, 5.74) is 36.0. The van der Waals surface area contributed by atoms with Gasteiger partial charge in [0.25, 0.3) is 6.71 Å². The van der Waals surface area contributed by atoms with Crippen molar-refractivity contribution in [2.45, 2.75) is 157 Å². The van der Waals surface area contributed by atoms with Gasteiger partial charge in [0, 0.05) is 49.4 Å². The number of aromatic nitrogens is 4. The highest BCUT2D eigenvalue weighted by Crippen LogP contribution is 2.52. The Bertz CT molecular complexity index is 6020. The summed E-state index contributed by atoms with van der Waals surface area (Å²) in [4.78, 5) is 11.9. The number of fused-ring (bicyclic) bond motifs is 11. The fourth-order valence-corrected chi connectivity index (χ4v) is 17.6. The van der Waals surface area contributed by atoms with E-state index >= 15 is 0 Å². The number of benzene rings is 13. The molecule has 0 radical (unpaired) electrons. The SMILES string of the molecule is CC(C)(C)c1cc(-c2nc(-c3cc4c5c(c3)-n3c6cc(-c7ccccc7)cc(-c7ccccc7)c6c6c(-c7cc(C(C)(C)C)cc(C(C)(C)C)c7)ccc(c63)B5c3ccc(-c5cc(C(C)(C)C)cc(C(C)(C)C)c5)c5c6c(-c7ccccc7)cc(-c7ccccc7)cc6n-4c35)nc3ccccc23)cc(C(C)(C)C)c1. The average Bonchev–Trinajstić information content (AvgIpc) is 1.52. The topological polar surface area (TPSA) is 35.6 Å². The van der Waals surface area contributed by atoms with Crippen LogP contribution >= 0.6 is 0 Å². The number of para-hydroxylation sites is 1. The van der Waals surface area contributed by atoms with Crippen LogP contribution in [-0.2, 0) is 32.5 Å². The molecule has 0 bridgehead atoms. The zero-order valence-electron chi connectivity index (χ0n) is 66.7. The van der Waals surface area contributed by atoms with Crippen LogP contribution in [0.25, 0.3) is 155 Å². The Hall–Kier alpha value is -11.1. The van der Waals surface area contributed by atoms with E-state index in [1.807, 2.05) is 0 Å². The summed E-state index contributed by atoms with van der Waals surface area (Å²) in [6, 6.07) is 100. The van der Waals surface area contributed by atoms with Crippen molar-refractivity contribution in [2.75, 3.05) is 0 Å². The lowest BCUT2D eigenvalue weighted by atomic mass is 9.34. The molecule has 5 heterocycles. The Morgan fingerprint density at radius 1 is 0.257 bits per heavy atom. The van der Waals surface area contributed by atoms with Crippen LogP contribution in [0.4, 0.5) is 0 Å². The van der Waals surface area contributed by atoms with Gasteiger partial charge in [-0.15, -0.1) is 0 Å². The smallest absolute Gasteiger partial charge is 0.252 e. The maximum Gasteiger partial charge on any atom is 0.252 e. The molecule has 0 amide bonds. The zero-order chi connectivity index (χ0) is 75.9. The van der Waals surface area contributed by atoms with E-state index in [9.17, 15) is 0 Å². The molecule has 536 valence electrons. The number of hydrogen-bond donors (Lipinski definition) is 0. The maximum absolute atomic E-state index is 6.04. The lowest BCUT2D eigenvalue weighted by molar-refractivity contribution is 0.568. The summed E-state index contributed by atoms with van der Waals surface area (Å²) in [7, 11) is 0. The highest BCUT2D eigenvalue weighted by molar-refractivity contribution is 7.00.